The second kappa shape index (κ2) is 9.76. The zero-order valence-corrected chi connectivity index (χ0v) is 17.1. The van der Waals surface area contributed by atoms with Crippen molar-refractivity contribution in [2.45, 2.75) is 65.2 Å². The number of nitrogens with one attached hydrogen (secondary N) is 1. The summed E-state index contributed by atoms with van der Waals surface area (Å²) in [5.41, 5.74) is 1.41. The summed E-state index contributed by atoms with van der Waals surface area (Å²) in [5, 5.41) is 3.53. The molecule has 2 aliphatic rings. The minimum absolute atomic E-state index is 0.205. The molecule has 0 aromatic heterocycles. The second-order valence-electron chi connectivity index (χ2n) is 8.83. The van der Waals surface area contributed by atoms with Crippen LogP contribution in [0.3, 0.4) is 0 Å². The first-order valence-electron chi connectivity index (χ1n) is 10.3. The molecule has 5 heteroatoms. The van der Waals surface area contributed by atoms with Crippen LogP contribution in [-0.4, -0.2) is 45.2 Å². The van der Waals surface area contributed by atoms with Gasteiger partial charge in [-0.1, -0.05) is 26.8 Å². The third-order valence-electron chi connectivity index (χ3n) is 4.92. The standard InChI is InChI=1S/C22H35NO4/c1-22(2,3)16-23-13-17-8-9-18(26-14-19-6-4-10-24-19)12-21(17)27-15-20-7-5-11-25-20/h8-9,12,19-20,23H,4-7,10-11,13-16H2,1-3H3. The van der Waals surface area contributed by atoms with Crippen molar-refractivity contribution in [3.05, 3.63) is 23.8 Å². The lowest BCUT2D eigenvalue weighted by molar-refractivity contribution is 0.0652. The molecule has 0 spiro atoms. The van der Waals surface area contributed by atoms with Crippen molar-refractivity contribution in [3.63, 3.8) is 0 Å². The fraction of sp³-hybridized carbons (Fsp3) is 0.727. The van der Waals surface area contributed by atoms with Gasteiger partial charge in [0, 0.05) is 37.9 Å². The topological polar surface area (TPSA) is 49.0 Å². The summed E-state index contributed by atoms with van der Waals surface area (Å²) in [6.45, 7) is 11.3. The van der Waals surface area contributed by atoms with E-state index in [9.17, 15) is 0 Å². The Bertz CT molecular complexity index is 572. The molecule has 2 fully saturated rings. The van der Waals surface area contributed by atoms with Crippen LogP contribution in [0.15, 0.2) is 18.2 Å². The predicted octanol–water partition coefficient (Wildman–Crippen LogP) is 3.94. The maximum atomic E-state index is 6.14. The van der Waals surface area contributed by atoms with Gasteiger partial charge < -0.3 is 24.3 Å². The molecule has 0 saturated carbocycles. The van der Waals surface area contributed by atoms with Crippen molar-refractivity contribution in [1.82, 2.24) is 5.32 Å². The van der Waals surface area contributed by atoms with Gasteiger partial charge in [-0.2, -0.15) is 0 Å². The Labute approximate surface area is 163 Å². The van der Waals surface area contributed by atoms with Crippen molar-refractivity contribution < 1.29 is 18.9 Å². The van der Waals surface area contributed by atoms with E-state index in [4.69, 9.17) is 18.9 Å². The maximum Gasteiger partial charge on any atom is 0.127 e. The Morgan fingerprint density at radius 1 is 1.00 bits per heavy atom. The summed E-state index contributed by atoms with van der Waals surface area (Å²) in [7, 11) is 0. The summed E-state index contributed by atoms with van der Waals surface area (Å²) in [6, 6.07) is 6.14. The molecule has 2 aliphatic heterocycles. The van der Waals surface area contributed by atoms with Crippen LogP contribution in [0, 0.1) is 5.41 Å². The number of benzene rings is 1. The van der Waals surface area contributed by atoms with E-state index in [1.54, 1.807) is 0 Å². The van der Waals surface area contributed by atoms with Crippen molar-refractivity contribution in [2.75, 3.05) is 33.0 Å². The number of ether oxygens (including phenoxy) is 4. The van der Waals surface area contributed by atoms with E-state index in [1.807, 2.05) is 12.1 Å². The molecule has 2 atom stereocenters. The Balaban J connectivity index is 1.60. The van der Waals surface area contributed by atoms with E-state index in [2.05, 4.69) is 32.2 Å². The van der Waals surface area contributed by atoms with E-state index in [-0.39, 0.29) is 17.6 Å². The maximum absolute atomic E-state index is 6.14. The molecular formula is C22H35NO4. The molecule has 27 heavy (non-hydrogen) atoms. The van der Waals surface area contributed by atoms with Crippen LogP contribution in [-0.2, 0) is 16.0 Å². The smallest absolute Gasteiger partial charge is 0.127 e. The molecule has 0 amide bonds. The molecule has 152 valence electrons. The van der Waals surface area contributed by atoms with Gasteiger partial charge in [0.1, 0.15) is 24.7 Å². The van der Waals surface area contributed by atoms with Gasteiger partial charge in [0.2, 0.25) is 0 Å². The molecular weight excluding hydrogens is 342 g/mol. The third-order valence-corrected chi connectivity index (χ3v) is 4.92. The molecule has 0 aliphatic carbocycles. The van der Waals surface area contributed by atoms with E-state index >= 15 is 0 Å². The largest absolute Gasteiger partial charge is 0.491 e. The molecule has 0 bridgehead atoms. The first-order chi connectivity index (χ1) is 13.0. The van der Waals surface area contributed by atoms with E-state index in [0.29, 0.717) is 13.2 Å². The van der Waals surface area contributed by atoms with Crippen LogP contribution in [0.1, 0.15) is 52.0 Å². The quantitative estimate of drug-likeness (QED) is 0.706. The van der Waals surface area contributed by atoms with Crippen LogP contribution >= 0.6 is 0 Å². The molecule has 2 unspecified atom stereocenters. The zero-order chi connectivity index (χ0) is 19.1. The average molecular weight is 378 g/mol. The fourth-order valence-electron chi connectivity index (χ4n) is 3.40. The van der Waals surface area contributed by atoms with Crippen LogP contribution in [0.4, 0.5) is 0 Å². The van der Waals surface area contributed by atoms with Gasteiger partial charge in [-0.3, -0.25) is 0 Å². The summed E-state index contributed by atoms with van der Waals surface area (Å²) in [4.78, 5) is 0. The van der Waals surface area contributed by atoms with Crippen LogP contribution in [0.2, 0.25) is 0 Å². The minimum atomic E-state index is 0.205. The number of rotatable bonds is 9. The molecule has 5 nitrogen and oxygen atoms in total. The van der Waals surface area contributed by atoms with E-state index < -0.39 is 0 Å². The monoisotopic (exact) mass is 377 g/mol. The highest BCUT2D eigenvalue weighted by Gasteiger charge is 2.19. The molecule has 3 rings (SSSR count). The van der Waals surface area contributed by atoms with Crippen molar-refractivity contribution in [2.24, 2.45) is 5.41 Å². The van der Waals surface area contributed by atoms with Crippen molar-refractivity contribution >= 4 is 0 Å². The van der Waals surface area contributed by atoms with Crippen molar-refractivity contribution in [1.29, 1.82) is 0 Å². The SMILES string of the molecule is CC(C)(C)CNCc1ccc(OCC2CCCO2)cc1OCC1CCCO1. The lowest BCUT2D eigenvalue weighted by atomic mass is 9.97. The van der Waals surface area contributed by atoms with Crippen LogP contribution in [0.5, 0.6) is 11.5 Å². The van der Waals surface area contributed by atoms with Gasteiger partial charge in [-0.05, 0) is 37.2 Å². The molecule has 2 saturated heterocycles. The highest BCUT2D eigenvalue weighted by atomic mass is 16.5. The minimum Gasteiger partial charge on any atom is -0.491 e. The van der Waals surface area contributed by atoms with Crippen LogP contribution in [0.25, 0.3) is 0 Å². The van der Waals surface area contributed by atoms with Gasteiger partial charge >= 0.3 is 0 Å². The predicted molar refractivity (Wildman–Crippen MR) is 107 cm³/mol. The first-order valence-corrected chi connectivity index (χ1v) is 10.3. The van der Waals surface area contributed by atoms with Gasteiger partial charge in [0.05, 0.1) is 12.2 Å². The normalized spacial score (nSPS) is 22.9. The number of hydrogen-bond acceptors (Lipinski definition) is 5. The Hall–Kier alpha value is -1.30. The highest BCUT2D eigenvalue weighted by molar-refractivity contribution is 5.41. The third kappa shape index (κ3) is 6.98. The highest BCUT2D eigenvalue weighted by Crippen LogP contribution is 2.27. The Morgan fingerprint density at radius 2 is 1.67 bits per heavy atom. The Morgan fingerprint density at radius 3 is 2.26 bits per heavy atom. The molecule has 1 aromatic carbocycles. The lowest BCUT2D eigenvalue weighted by Gasteiger charge is -2.21. The second-order valence-corrected chi connectivity index (χ2v) is 8.83. The summed E-state index contributed by atoms with van der Waals surface area (Å²) >= 11 is 0. The van der Waals surface area contributed by atoms with E-state index in [0.717, 1.165) is 69.0 Å². The summed E-state index contributed by atoms with van der Waals surface area (Å²) in [5.74, 6) is 1.73. The average Bonchev–Trinajstić information content (AvgIpc) is 3.32. The number of hydrogen-bond donors (Lipinski definition) is 1. The zero-order valence-electron chi connectivity index (χ0n) is 17.1. The summed E-state index contributed by atoms with van der Waals surface area (Å²) < 4.78 is 23.4. The lowest BCUT2D eigenvalue weighted by Crippen LogP contribution is -2.26. The molecule has 2 heterocycles. The van der Waals surface area contributed by atoms with E-state index in [1.165, 1.54) is 0 Å². The fourth-order valence-corrected chi connectivity index (χ4v) is 3.40. The van der Waals surface area contributed by atoms with Gasteiger partial charge in [-0.15, -0.1) is 0 Å². The van der Waals surface area contributed by atoms with Gasteiger partial charge in [0.25, 0.3) is 0 Å². The molecule has 1 N–H and O–H groups in total. The van der Waals surface area contributed by atoms with Gasteiger partial charge in [0.15, 0.2) is 0 Å². The van der Waals surface area contributed by atoms with Gasteiger partial charge in [-0.25, -0.2) is 0 Å². The van der Waals surface area contributed by atoms with Crippen molar-refractivity contribution in [3.8, 4) is 11.5 Å². The Kier molecular flexibility index (Phi) is 7.39. The summed E-state index contributed by atoms with van der Waals surface area (Å²) in [6.07, 6.45) is 4.83. The molecule has 0 radical (unpaired) electrons. The molecule has 1 aromatic rings. The van der Waals surface area contributed by atoms with Crippen LogP contribution < -0.4 is 14.8 Å². The first kappa shape index (κ1) is 20.4.